The summed E-state index contributed by atoms with van der Waals surface area (Å²) in [4.78, 5) is 26.0. The number of benzene rings is 2. The summed E-state index contributed by atoms with van der Waals surface area (Å²) >= 11 is 6.36. The van der Waals surface area contributed by atoms with Gasteiger partial charge in [-0.15, -0.1) is 0 Å². The number of nitrogens with one attached hydrogen (secondary N) is 3. The van der Waals surface area contributed by atoms with Crippen LogP contribution in [0.5, 0.6) is 5.75 Å². The molecule has 0 atom stereocenters. The van der Waals surface area contributed by atoms with Crippen LogP contribution in [0.2, 0.25) is 5.02 Å². The molecule has 2 heterocycles. The Morgan fingerprint density at radius 1 is 1.06 bits per heavy atom. The molecule has 4 rings (SSSR count). The van der Waals surface area contributed by atoms with E-state index in [4.69, 9.17) is 21.2 Å². The monoisotopic (exact) mass is 452 g/mol. The van der Waals surface area contributed by atoms with Gasteiger partial charge in [0.25, 0.3) is 5.91 Å². The van der Waals surface area contributed by atoms with Gasteiger partial charge >= 0.3 is 0 Å². The van der Waals surface area contributed by atoms with E-state index in [0.717, 1.165) is 16.8 Å². The van der Waals surface area contributed by atoms with Gasteiger partial charge in [-0.25, -0.2) is 15.4 Å². The molecule has 0 aliphatic rings. The lowest BCUT2D eigenvalue weighted by Gasteiger charge is -2.14. The summed E-state index contributed by atoms with van der Waals surface area (Å²) in [7, 11) is 4.90. The number of hydroxylamine groups is 1. The van der Waals surface area contributed by atoms with Crippen LogP contribution < -0.4 is 20.9 Å². The van der Waals surface area contributed by atoms with Crippen LogP contribution in [0.4, 0.5) is 23.1 Å². The first-order valence-corrected chi connectivity index (χ1v) is 10.0. The van der Waals surface area contributed by atoms with Crippen molar-refractivity contribution in [1.82, 2.24) is 20.0 Å². The van der Waals surface area contributed by atoms with Gasteiger partial charge in [0.05, 0.1) is 53.4 Å². The van der Waals surface area contributed by atoms with Crippen LogP contribution in [-0.4, -0.2) is 34.7 Å². The summed E-state index contributed by atoms with van der Waals surface area (Å²) in [5.41, 5.74) is 5.59. The zero-order chi connectivity index (χ0) is 22.7. The topological polar surface area (TPSA) is 102 Å². The highest BCUT2D eigenvalue weighted by Crippen LogP contribution is 2.30. The van der Waals surface area contributed by atoms with E-state index in [1.807, 2.05) is 35.9 Å². The molecule has 0 aliphatic heterocycles. The SMILES string of the molecule is CONC(=O)c1ccccc1Nc1cc(Nc2nc3ccc(OC)cc3n2C)ncc1Cl. The fourth-order valence-electron chi connectivity index (χ4n) is 3.21. The van der Waals surface area contributed by atoms with E-state index < -0.39 is 0 Å². The van der Waals surface area contributed by atoms with E-state index in [0.29, 0.717) is 33.7 Å². The minimum Gasteiger partial charge on any atom is -0.497 e. The van der Waals surface area contributed by atoms with Gasteiger partial charge in [0.2, 0.25) is 5.95 Å². The number of carbonyl (C=O) groups is 1. The van der Waals surface area contributed by atoms with Gasteiger partial charge in [0.15, 0.2) is 0 Å². The molecule has 2 aromatic carbocycles. The number of pyridine rings is 1. The van der Waals surface area contributed by atoms with Crippen molar-refractivity contribution in [2.24, 2.45) is 7.05 Å². The molecule has 4 aromatic rings. The summed E-state index contributed by atoms with van der Waals surface area (Å²) in [6.07, 6.45) is 1.52. The number of hydrogen-bond acceptors (Lipinski definition) is 7. The second-order valence-corrected chi connectivity index (χ2v) is 7.24. The van der Waals surface area contributed by atoms with Gasteiger partial charge in [-0.2, -0.15) is 0 Å². The van der Waals surface area contributed by atoms with Gasteiger partial charge in [-0.1, -0.05) is 23.7 Å². The Morgan fingerprint density at radius 2 is 1.88 bits per heavy atom. The summed E-state index contributed by atoms with van der Waals surface area (Å²) < 4.78 is 7.21. The predicted octanol–water partition coefficient (Wildman–Crippen LogP) is 4.41. The Balaban J connectivity index is 1.63. The number of hydrogen-bond donors (Lipinski definition) is 3. The quantitative estimate of drug-likeness (QED) is 0.357. The lowest BCUT2D eigenvalue weighted by Crippen LogP contribution is -2.22. The maximum atomic E-state index is 12.3. The van der Waals surface area contributed by atoms with Crippen molar-refractivity contribution < 1.29 is 14.4 Å². The molecule has 0 fully saturated rings. The molecule has 0 saturated carbocycles. The van der Waals surface area contributed by atoms with Crippen molar-refractivity contribution in [1.29, 1.82) is 0 Å². The van der Waals surface area contributed by atoms with Crippen molar-refractivity contribution in [2.75, 3.05) is 24.9 Å². The smallest absolute Gasteiger partial charge is 0.276 e. The van der Waals surface area contributed by atoms with E-state index in [2.05, 4.69) is 26.1 Å². The second kappa shape index (κ2) is 9.13. The molecule has 1 amide bonds. The van der Waals surface area contributed by atoms with Crippen molar-refractivity contribution in [3.8, 4) is 5.75 Å². The number of ether oxygens (including phenoxy) is 1. The highest BCUT2D eigenvalue weighted by Gasteiger charge is 2.14. The molecule has 0 aliphatic carbocycles. The lowest BCUT2D eigenvalue weighted by molar-refractivity contribution is 0.0538. The number of amides is 1. The minimum absolute atomic E-state index is 0.380. The van der Waals surface area contributed by atoms with E-state index in [-0.39, 0.29) is 5.91 Å². The summed E-state index contributed by atoms with van der Waals surface area (Å²) in [5, 5.41) is 6.80. The molecular weight excluding hydrogens is 432 g/mol. The number of anilines is 4. The Bertz CT molecular complexity index is 1290. The Kier molecular flexibility index (Phi) is 6.11. The van der Waals surface area contributed by atoms with Crippen molar-refractivity contribution >= 4 is 51.7 Å². The van der Waals surface area contributed by atoms with Crippen LogP contribution in [0.15, 0.2) is 54.7 Å². The van der Waals surface area contributed by atoms with Crippen molar-refractivity contribution in [3.63, 3.8) is 0 Å². The van der Waals surface area contributed by atoms with Crippen LogP contribution in [0.1, 0.15) is 10.4 Å². The molecule has 3 N–H and O–H groups in total. The molecule has 32 heavy (non-hydrogen) atoms. The number of carbonyl (C=O) groups excluding carboxylic acids is 1. The highest BCUT2D eigenvalue weighted by atomic mass is 35.5. The highest BCUT2D eigenvalue weighted by molar-refractivity contribution is 6.33. The Labute approximate surface area is 189 Å². The van der Waals surface area contributed by atoms with Gasteiger partial charge in [0, 0.05) is 19.2 Å². The average molecular weight is 453 g/mol. The molecule has 2 aromatic heterocycles. The van der Waals surface area contributed by atoms with Crippen LogP contribution in [0, 0.1) is 0 Å². The van der Waals surface area contributed by atoms with Crippen LogP contribution in [0.3, 0.4) is 0 Å². The largest absolute Gasteiger partial charge is 0.497 e. The third-order valence-corrected chi connectivity index (χ3v) is 5.12. The predicted molar refractivity (Wildman–Crippen MR) is 124 cm³/mol. The third kappa shape index (κ3) is 4.29. The number of para-hydroxylation sites is 1. The summed E-state index contributed by atoms with van der Waals surface area (Å²) in [6.45, 7) is 0. The van der Waals surface area contributed by atoms with E-state index in [1.54, 1.807) is 31.4 Å². The van der Waals surface area contributed by atoms with Gasteiger partial charge in [0.1, 0.15) is 11.6 Å². The van der Waals surface area contributed by atoms with E-state index in [1.165, 1.54) is 13.3 Å². The number of nitrogens with zero attached hydrogens (tertiary/aromatic N) is 3. The molecule has 0 radical (unpaired) electrons. The van der Waals surface area contributed by atoms with Gasteiger partial charge < -0.3 is 19.9 Å². The molecule has 0 saturated heterocycles. The first kappa shape index (κ1) is 21.4. The van der Waals surface area contributed by atoms with Crippen LogP contribution >= 0.6 is 11.6 Å². The molecule has 9 nitrogen and oxygen atoms in total. The zero-order valence-corrected chi connectivity index (χ0v) is 18.4. The maximum Gasteiger partial charge on any atom is 0.276 e. The Hall–Kier alpha value is -3.82. The van der Waals surface area contributed by atoms with Crippen molar-refractivity contribution in [2.45, 2.75) is 0 Å². The molecule has 164 valence electrons. The first-order chi connectivity index (χ1) is 15.5. The molecule has 0 spiro atoms. The number of halogens is 1. The van der Waals surface area contributed by atoms with Crippen molar-refractivity contribution in [3.05, 3.63) is 65.3 Å². The third-order valence-electron chi connectivity index (χ3n) is 4.82. The number of methoxy groups -OCH3 is 1. The average Bonchev–Trinajstić information content (AvgIpc) is 3.11. The fourth-order valence-corrected chi connectivity index (χ4v) is 3.36. The molecule has 0 bridgehead atoms. The van der Waals surface area contributed by atoms with Gasteiger partial charge in [-0.05, 0) is 24.3 Å². The van der Waals surface area contributed by atoms with Crippen LogP contribution in [0.25, 0.3) is 11.0 Å². The molecule has 10 heteroatoms. The standard InChI is InChI=1S/C22H21ClN6O3/c1-29-19-10-13(31-2)8-9-17(19)26-22(29)27-20-11-18(15(23)12-24-20)25-16-7-5-4-6-14(16)21(30)28-32-3/h4-12H,1-3H3,(H,28,30)(H2,24,25,26,27). The van der Waals surface area contributed by atoms with E-state index in [9.17, 15) is 4.79 Å². The number of aryl methyl sites for hydroxylation is 1. The van der Waals surface area contributed by atoms with E-state index >= 15 is 0 Å². The fraction of sp³-hybridized carbons (Fsp3) is 0.136. The number of fused-ring (bicyclic) bond motifs is 1. The minimum atomic E-state index is -0.380. The summed E-state index contributed by atoms with van der Waals surface area (Å²) in [5.74, 6) is 1.50. The number of aromatic nitrogens is 3. The van der Waals surface area contributed by atoms with Crippen LogP contribution in [-0.2, 0) is 11.9 Å². The normalized spacial score (nSPS) is 10.8. The molecular formula is C22H21ClN6O3. The maximum absolute atomic E-state index is 12.3. The second-order valence-electron chi connectivity index (χ2n) is 6.83. The number of imidazole rings is 1. The Morgan fingerprint density at radius 3 is 2.66 bits per heavy atom. The lowest BCUT2D eigenvalue weighted by atomic mass is 10.1. The summed E-state index contributed by atoms with van der Waals surface area (Å²) in [6, 6.07) is 14.4. The number of rotatable bonds is 7. The zero-order valence-electron chi connectivity index (χ0n) is 17.6. The first-order valence-electron chi connectivity index (χ1n) is 9.62. The molecule has 0 unspecified atom stereocenters. The van der Waals surface area contributed by atoms with Gasteiger partial charge in [-0.3, -0.25) is 9.63 Å².